The summed E-state index contributed by atoms with van der Waals surface area (Å²) in [6.45, 7) is 10.2. The van der Waals surface area contributed by atoms with Crippen LogP contribution in [-0.4, -0.2) is 13.1 Å². The third-order valence-electron chi connectivity index (χ3n) is 4.02. The van der Waals surface area contributed by atoms with E-state index in [0.29, 0.717) is 0 Å². The first-order valence-electron chi connectivity index (χ1n) is 8.12. The molecule has 1 rings (SSSR count). The molecule has 0 amide bonds. The third-order valence-corrected chi connectivity index (χ3v) is 4.60. The maximum atomic E-state index is 11.2. The van der Waals surface area contributed by atoms with Crippen molar-refractivity contribution in [2.75, 3.05) is 7.11 Å². The van der Waals surface area contributed by atoms with Gasteiger partial charge in [0.15, 0.2) is 0 Å². The van der Waals surface area contributed by atoms with Crippen molar-refractivity contribution in [1.29, 1.82) is 0 Å². The lowest BCUT2D eigenvalue weighted by Crippen LogP contribution is -1.95. The molecule has 1 aromatic rings. The number of ether oxygens (including phenoxy) is 1. The van der Waals surface area contributed by atoms with Gasteiger partial charge in [0.2, 0.25) is 0 Å². The summed E-state index contributed by atoms with van der Waals surface area (Å²) in [7, 11) is 1.39. The molecular formula is C21H27ClO2. The number of halogens is 1. The number of hydrogen-bond donors (Lipinski definition) is 0. The van der Waals surface area contributed by atoms with Crippen molar-refractivity contribution in [2.45, 2.75) is 47.5 Å². The Morgan fingerprint density at radius 1 is 1.21 bits per heavy atom. The largest absolute Gasteiger partial charge is 0.466 e. The molecule has 0 N–H and O–H groups in total. The second-order valence-electron chi connectivity index (χ2n) is 6.20. The first-order valence-corrected chi connectivity index (χ1v) is 8.50. The van der Waals surface area contributed by atoms with Gasteiger partial charge in [0.1, 0.15) is 0 Å². The van der Waals surface area contributed by atoms with Crippen LogP contribution in [0.4, 0.5) is 0 Å². The summed E-state index contributed by atoms with van der Waals surface area (Å²) < 4.78 is 4.62. The van der Waals surface area contributed by atoms with Crippen LogP contribution in [-0.2, 0) is 9.53 Å². The zero-order valence-corrected chi connectivity index (χ0v) is 16.3. The van der Waals surface area contributed by atoms with Gasteiger partial charge in [0.25, 0.3) is 0 Å². The van der Waals surface area contributed by atoms with Gasteiger partial charge >= 0.3 is 5.97 Å². The van der Waals surface area contributed by atoms with Gasteiger partial charge in [-0.1, -0.05) is 47.0 Å². The van der Waals surface area contributed by atoms with Gasteiger partial charge in [-0.3, -0.25) is 0 Å². The highest BCUT2D eigenvalue weighted by atomic mass is 35.5. The molecule has 0 saturated carbocycles. The predicted molar refractivity (Wildman–Crippen MR) is 103 cm³/mol. The van der Waals surface area contributed by atoms with Crippen molar-refractivity contribution >= 4 is 23.6 Å². The van der Waals surface area contributed by atoms with Crippen LogP contribution in [0.1, 0.15) is 48.9 Å². The Labute approximate surface area is 150 Å². The number of methoxy groups -OCH3 is 1. The summed E-state index contributed by atoms with van der Waals surface area (Å²) in [5, 5.41) is 0.838. The average molecular weight is 347 g/mol. The Kier molecular flexibility index (Phi) is 8.00. The Bertz CT molecular complexity index is 694. The standard InChI is InChI=1S/C21H27ClO2/c1-14(8-7-9-15(2)12-20(23)24-6)10-11-19-16(3)13-17(4)21(22)18(19)5/h8,10-13H,7,9H2,1-6H3. The van der Waals surface area contributed by atoms with E-state index >= 15 is 0 Å². The highest BCUT2D eigenvalue weighted by Crippen LogP contribution is 2.27. The van der Waals surface area contributed by atoms with Gasteiger partial charge in [0, 0.05) is 11.1 Å². The average Bonchev–Trinajstić information content (AvgIpc) is 2.52. The first kappa shape index (κ1) is 20.2. The van der Waals surface area contributed by atoms with Crippen molar-refractivity contribution in [3.8, 4) is 0 Å². The zero-order chi connectivity index (χ0) is 18.3. The number of benzene rings is 1. The van der Waals surface area contributed by atoms with E-state index in [9.17, 15) is 4.79 Å². The van der Waals surface area contributed by atoms with Crippen LogP contribution in [0.5, 0.6) is 0 Å². The molecule has 0 unspecified atom stereocenters. The summed E-state index contributed by atoms with van der Waals surface area (Å²) in [6.07, 6.45) is 9.68. The van der Waals surface area contributed by atoms with Crippen molar-refractivity contribution in [1.82, 2.24) is 0 Å². The third kappa shape index (κ3) is 6.01. The van der Waals surface area contributed by atoms with E-state index in [1.807, 2.05) is 13.8 Å². The summed E-state index contributed by atoms with van der Waals surface area (Å²) in [5.41, 5.74) is 6.86. The van der Waals surface area contributed by atoms with Gasteiger partial charge in [-0.05, 0) is 69.7 Å². The molecule has 0 aliphatic rings. The number of allylic oxidation sites excluding steroid dienone is 4. The van der Waals surface area contributed by atoms with E-state index in [4.69, 9.17) is 11.6 Å². The molecule has 3 heteroatoms. The van der Waals surface area contributed by atoms with Crippen molar-refractivity contribution in [3.63, 3.8) is 0 Å². The fraction of sp³-hybridized carbons (Fsp3) is 0.381. The smallest absolute Gasteiger partial charge is 0.330 e. The van der Waals surface area contributed by atoms with Crippen LogP contribution in [0.25, 0.3) is 6.08 Å². The highest BCUT2D eigenvalue weighted by Gasteiger charge is 2.06. The van der Waals surface area contributed by atoms with E-state index < -0.39 is 0 Å². The van der Waals surface area contributed by atoms with Crippen molar-refractivity contribution in [3.05, 3.63) is 62.7 Å². The molecule has 0 radical (unpaired) electrons. The Morgan fingerprint density at radius 2 is 1.88 bits per heavy atom. The molecule has 0 bridgehead atoms. The van der Waals surface area contributed by atoms with Crippen LogP contribution in [0.2, 0.25) is 5.02 Å². The quantitative estimate of drug-likeness (QED) is 0.352. The molecule has 0 saturated heterocycles. The zero-order valence-electron chi connectivity index (χ0n) is 15.5. The molecule has 130 valence electrons. The molecule has 0 aliphatic carbocycles. The molecular weight excluding hydrogens is 320 g/mol. The lowest BCUT2D eigenvalue weighted by molar-refractivity contribution is -0.134. The lowest BCUT2D eigenvalue weighted by atomic mass is 9.98. The summed E-state index contributed by atoms with van der Waals surface area (Å²) in [6, 6.07) is 2.12. The maximum absolute atomic E-state index is 11.2. The molecule has 0 aliphatic heterocycles. The second kappa shape index (κ2) is 9.48. The van der Waals surface area contributed by atoms with Gasteiger partial charge in [0.05, 0.1) is 7.11 Å². The maximum Gasteiger partial charge on any atom is 0.330 e. The van der Waals surface area contributed by atoms with Crippen molar-refractivity contribution < 1.29 is 9.53 Å². The highest BCUT2D eigenvalue weighted by molar-refractivity contribution is 6.32. The van der Waals surface area contributed by atoms with Crippen molar-refractivity contribution in [2.24, 2.45) is 0 Å². The Balaban J connectivity index is 2.76. The molecule has 0 aromatic heterocycles. The fourth-order valence-corrected chi connectivity index (χ4v) is 2.73. The van der Waals surface area contributed by atoms with Gasteiger partial charge in [-0.2, -0.15) is 0 Å². The predicted octanol–water partition coefficient (Wildman–Crippen LogP) is 6.12. The normalized spacial score (nSPS) is 12.8. The monoisotopic (exact) mass is 346 g/mol. The van der Waals surface area contributed by atoms with Gasteiger partial charge in [-0.15, -0.1) is 0 Å². The minimum Gasteiger partial charge on any atom is -0.466 e. The molecule has 0 heterocycles. The van der Waals surface area contributed by atoms with Crippen LogP contribution in [0.3, 0.4) is 0 Å². The molecule has 2 nitrogen and oxygen atoms in total. The number of carbonyl (C=O) groups is 1. The van der Waals surface area contributed by atoms with Crippen LogP contribution in [0.15, 0.2) is 35.4 Å². The van der Waals surface area contributed by atoms with Crippen LogP contribution in [0, 0.1) is 20.8 Å². The first-order chi connectivity index (χ1) is 11.3. The molecule has 0 spiro atoms. The summed E-state index contributed by atoms with van der Waals surface area (Å²) in [5.74, 6) is -0.296. The molecule has 1 aromatic carbocycles. The van der Waals surface area contributed by atoms with Crippen LogP contribution < -0.4 is 0 Å². The van der Waals surface area contributed by atoms with E-state index in [-0.39, 0.29) is 5.97 Å². The Morgan fingerprint density at radius 3 is 2.50 bits per heavy atom. The topological polar surface area (TPSA) is 26.3 Å². The summed E-state index contributed by atoms with van der Waals surface area (Å²) >= 11 is 6.35. The minimum absolute atomic E-state index is 0.296. The summed E-state index contributed by atoms with van der Waals surface area (Å²) in [4.78, 5) is 11.2. The number of hydrogen-bond acceptors (Lipinski definition) is 2. The van der Waals surface area contributed by atoms with Gasteiger partial charge in [-0.25, -0.2) is 4.79 Å². The number of aryl methyl sites for hydroxylation is 2. The van der Waals surface area contributed by atoms with E-state index in [2.05, 4.69) is 49.8 Å². The molecule has 24 heavy (non-hydrogen) atoms. The van der Waals surface area contributed by atoms with E-state index in [1.54, 1.807) is 6.08 Å². The van der Waals surface area contributed by atoms with E-state index in [1.165, 1.54) is 23.8 Å². The second-order valence-corrected chi connectivity index (χ2v) is 6.57. The molecule has 0 fully saturated rings. The van der Waals surface area contributed by atoms with E-state index in [0.717, 1.165) is 34.6 Å². The van der Waals surface area contributed by atoms with Crippen LogP contribution >= 0.6 is 11.6 Å². The Hall–Kier alpha value is -1.80. The lowest BCUT2D eigenvalue weighted by Gasteiger charge is -2.10. The number of rotatable bonds is 6. The SMILES string of the molecule is COC(=O)C=C(C)CCC=C(C)C=Cc1c(C)cc(C)c(Cl)c1C. The fourth-order valence-electron chi connectivity index (χ4n) is 2.57. The number of esters is 1. The number of carbonyl (C=O) groups excluding carboxylic acids is 1. The minimum atomic E-state index is -0.296. The van der Waals surface area contributed by atoms with Gasteiger partial charge < -0.3 is 4.74 Å². The molecule has 0 atom stereocenters.